The molecule has 3 rings (SSSR count). The minimum atomic E-state index is -3.49. The Bertz CT molecular complexity index is 793. The molecule has 1 atom stereocenters. The first kappa shape index (κ1) is 22.2. The highest BCUT2D eigenvalue weighted by Gasteiger charge is 2.33. The maximum absolute atomic E-state index is 12.7. The summed E-state index contributed by atoms with van der Waals surface area (Å²) in [5.41, 5.74) is 2.30. The van der Waals surface area contributed by atoms with E-state index in [-0.39, 0.29) is 18.4 Å². The van der Waals surface area contributed by atoms with Crippen LogP contribution in [0.3, 0.4) is 0 Å². The molecule has 2 saturated heterocycles. The van der Waals surface area contributed by atoms with Gasteiger partial charge in [0, 0.05) is 53.4 Å². The number of nitrogens with zero attached hydrogens (tertiary/aromatic N) is 3. The fourth-order valence-corrected chi connectivity index (χ4v) is 5.00. The first-order valence-corrected chi connectivity index (χ1v) is 11.6. The van der Waals surface area contributed by atoms with Crippen LogP contribution in [0.25, 0.3) is 0 Å². The molecule has 0 unspecified atom stereocenters. The first-order valence-electron chi connectivity index (χ1n) is 10.2. The number of amides is 1. The molecule has 29 heavy (non-hydrogen) atoms. The van der Waals surface area contributed by atoms with Crippen molar-refractivity contribution in [2.75, 3.05) is 53.5 Å². The minimum Gasteiger partial charge on any atom is -0.379 e. The molecule has 2 aliphatic heterocycles. The Morgan fingerprint density at radius 2 is 1.86 bits per heavy atom. The van der Waals surface area contributed by atoms with Crippen molar-refractivity contribution in [3.05, 3.63) is 35.4 Å². The van der Waals surface area contributed by atoms with Crippen molar-refractivity contribution in [3.63, 3.8) is 0 Å². The number of morpholine rings is 1. The molecule has 0 spiro atoms. The zero-order valence-electron chi connectivity index (χ0n) is 17.3. The Hall–Kier alpha value is -1.52. The van der Waals surface area contributed by atoms with Crippen LogP contribution >= 0.6 is 0 Å². The molecule has 9 heteroatoms. The van der Waals surface area contributed by atoms with Gasteiger partial charge in [0.15, 0.2) is 0 Å². The molecule has 1 amide bonds. The highest BCUT2D eigenvalue weighted by atomic mass is 32.2. The maximum Gasteiger partial charge on any atom is 0.281 e. The predicted octanol–water partition coefficient (Wildman–Crippen LogP) is 0.653. The second kappa shape index (κ2) is 9.99. The average molecular weight is 425 g/mol. The van der Waals surface area contributed by atoms with Crippen molar-refractivity contribution in [3.8, 4) is 0 Å². The number of hydrogen-bond acceptors (Lipinski definition) is 5. The van der Waals surface area contributed by atoms with E-state index in [0.29, 0.717) is 25.9 Å². The van der Waals surface area contributed by atoms with Crippen LogP contribution in [0.4, 0.5) is 0 Å². The van der Waals surface area contributed by atoms with Crippen LogP contribution in [0.1, 0.15) is 24.0 Å². The summed E-state index contributed by atoms with van der Waals surface area (Å²) in [4.78, 5) is 15.1. The summed E-state index contributed by atoms with van der Waals surface area (Å²) in [6, 6.07) is 8.14. The number of benzene rings is 1. The van der Waals surface area contributed by atoms with Gasteiger partial charge >= 0.3 is 0 Å². The first-order chi connectivity index (χ1) is 13.9. The Balaban J connectivity index is 1.58. The van der Waals surface area contributed by atoms with Crippen LogP contribution in [0, 0.1) is 5.92 Å². The fourth-order valence-electron chi connectivity index (χ4n) is 3.81. The van der Waals surface area contributed by atoms with E-state index in [1.54, 1.807) is 0 Å². The molecule has 0 saturated carbocycles. The fraction of sp³-hybridized carbons (Fsp3) is 0.650. The van der Waals surface area contributed by atoms with Gasteiger partial charge in [0.2, 0.25) is 5.91 Å². The number of ether oxygens (including phenoxy) is 1. The van der Waals surface area contributed by atoms with Gasteiger partial charge in [-0.2, -0.15) is 17.0 Å². The van der Waals surface area contributed by atoms with Gasteiger partial charge in [-0.3, -0.25) is 9.69 Å². The second-order valence-electron chi connectivity index (χ2n) is 7.86. The standard InChI is InChI=1S/C20H32N4O4S/c1-22(2)29(26,27)24-9-5-8-19(16-24)20(25)21-14-17-6-3-4-7-18(17)15-23-10-12-28-13-11-23/h3-4,6-7,19H,5,8-16H2,1-2H3,(H,21,25)/t19-/m0/s1. The average Bonchev–Trinajstić information content (AvgIpc) is 2.73. The molecular formula is C20H32N4O4S. The predicted molar refractivity (Wildman–Crippen MR) is 111 cm³/mol. The Morgan fingerprint density at radius 3 is 2.55 bits per heavy atom. The number of rotatable bonds is 7. The van der Waals surface area contributed by atoms with Crippen molar-refractivity contribution in [1.29, 1.82) is 0 Å². The number of nitrogens with one attached hydrogen (secondary N) is 1. The number of carbonyl (C=O) groups is 1. The van der Waals surface area contributed by atoms with Gasteiger partial charge in [-0.1, -0.05) is 24.3 Å². The molecule has 1 N–H and O–H groups in total. The van der Waals surface area contributed by atoms with Crippen molar-refractivity contribution >= 4 is 16.1 Å². The molecule has 0 radical (unpaired) electrons. The van der Waals surface area contributed by atoms with Crippen molar-refractivity contribution < 1.29 is 17.9 Å². The highest BCUT2D eigenvalue weighted by molar-refractivity contribution is 7.86. The lowest BCUT2D eigenvalue weighted by Crippen LogP contribution is -2.48. The highest BCUT2D eigenvalue weighted by Crippen LogP contribution is 2.21. The van der Waals surface area contributed by atoms with E-state index in [0.717, 1.165) is 38.4 Å². The van der Waals surface area contributed by atoms with Crippen LogP contribution < -0.4 is 5.32 Å². The van der Waals surface area contributed by atoms with Crippen LogP contribution in [-0.2, 0) is 32.8 Å². The Labute approximate surface area is 174 Å². The molecular weight excluding hydrogens is 392 g/mol. The van der Waals surface area contributed by atoms with E-state index in [2.05, 4.69) is 16.3 Å². The van der Waals surface area contributed by atoms with Crippen LogP contribution in [0.5, 0.6) is 0 Å². The molecule has 8 nitrogen and oxygen atoms in total. The molecule has 162 valence electrons. The van der Waals surface area contributed by atoms with Gasteiger partial charge in [-0.05, 0) is 24.0 Å². The van der Waals surface area contributed by atoms with Crippen molar-refractivity contribution in [2.24, 2.45) is 5.92 Å². The van der Waals surface area contributed by atoms with Crippen LogP contribution in [-0.4, -0.2) is 81.3 Å². The smallest absolute Gasteiger partial charge is 0.281 e. The van der Waals surface area contributed by atoms with Crippen molar-refractivity contribution in [1.82, 2.24) is 18.8 Å². The lowest BCUT2D eigenvalue weighted by atomic mass is 9.98. The zero-order chi connectivity index (χ0) is 20.9. The van der Waals surface area contributed by atoms with Crippen LogP contribution in [0.15, 0.2) is 24.3 Å². The summed E-state index contributed by atoms with van der Waals surface area (Å²) in [5.74, 6) is -0.394. The summed E-state index contributed by atoms with van der Waals surface area (Å²) < 4.78 is 32.8. The number of carbonyl (C=O) groups excluding carboxylic acids is 1. The third-order valence-electron chi connectivity index (χ3n) is 5.61. The topological polar surface area (TPSA) is 82.2 Å². The largest absolute Gasteiger partial charge is 0.379 e. The zero-order valence-corrected chi connectivity index (χ0v) is 18.2. The molecule has 0 aliphatic carbocycles. The van der Waals surface area contributed by atoms with E-state index < -0.39 is 10.2 Å². The van der Waals surface area contributed by atoms with Gasteiger partial charge in [-0.15, -0.1) is 0 Å². The lowest BCUT2D eigenvalue weighted by Gasteiger charge is -2.32. The molecule has 2 aliphatic rings. The molecule has 1 aromatic carbocycles. The molecule has 2 heterocycles. The Kier molecular flexibility index (Phi) is 7.64. The monoisotopic (exact) mass is 424 g/mol. The maximum atomic E-state index is 12.7. The SMILES string of the molecule is CN(C)S(=O)(=O)N1CCC[C@H](C(=O)NCc2ccccc2CN2CCOCC2)C1. The van der Waals surface area contributed by atoms with E-state index >= 15 is 0 Å². The quantitative estimate of drug-likeness (QED) is 0.695. The van der Waals surface area contributed by atoms with Gasteiger partial charge in [0.05, 0.1) is 19.1 Å². The van der Waals surface area contributed by atoms with Gasteiger partial charge < -0.3 is 10.1 Å². The summed E-state index contributed by atoms with van der Waals surface area (Å²) in [7, 11) is -0.449. The molecule has 0 aromatic heterocycles. The molecule has 2 fully saturated rings. The molecule has 1 aromatic rings. The summed E-state index contributed by atoms with van der Waals surface area (Å²) in [5, 5.41) is 3.03. The summed E-state index contributed by atoms with van der Waals surface area (Å²) in [6.45, 7) is 5.34. The van der Waals surface area contributed by atoms with Gasteiger partial charge in [-0.25, -0.2) is 0 Å². The van der Waals surface area contributed by atoms with E-state index in [1.807, 2.05) is 18.2 Å². The molecule has 0 bridgehead atoms. The van der Waals surface area contributed by atoms with Crippen molar-refractivity contribution in [2.45, 2.75) is 25.9 Å². The van der Waals surface area contributed by atoms with Crippen LogP contribution in [0.2, 0.25) is 0 Å². The normalized spacial score (nSPS) is 22.0. The Morgan fingerprint density at radius 1 is 1.17 bits per heavy atom. The van der Waals surface area contributed by atoms with E-state index in [4.69, 9.17) is 4.74 Å². The number of piperidine rings is 1. The van der Waals surface area contributed by atoms with Gasteiger partial charge in [0.1, 0.15) is 0 Å². The number of hydrogen-bond donors (Lipinski definition) is 1. The van der Waals surface area contributed by atoms with Gasteiger partial charge in [0.25, 0.3) is 10.2 Å². The summed E-state index contributed by atoms with van der Waals surface area (Å²) >= 11 is 0. The van der Waals surface area contributed by atoms with E-state index in [1.165, 1.54) is 28.3 Å². The second-order valence-corrected chi connectivity index (χ2v) is 10.0. The minimum absolute atomic E-state index is 0.0789. The summed E-state index contributed by atoms with van der Waals surface area (Å²) in [6.07, 6.45) is 1.40. The third kappa shape index (κ3) is 5.76. The third-order valence-corrected chi connectivity index (χ3v) is 7.52. The van der Waals surface area contributed by atoms with E-state index in [9.17, 15) is 13.2 Å². The lowest BCUT2D eigenvalue weighted by molar-refractivity contribution is -0.126.